The highest BCUT2D eigenvalue weighted by Crippen LogP contribution is 2.21. The molecule has 0 bridgehead atoms. The van der Waals surface area contributed by atoms with Gasteiger partial charge in [0.15, 0.2) is 0 Å². The van der Waals surface area contributed by atoms with Gasteiger partial charge >= 0.3 is 0 Å². The van der Waals surface area contributed by atoms with Crippen molar-refractivity contribution in [3.8, 4) is 11.5 Å². The van der Waals surface area contributed by atoms with Gasteiger partial charge < -0.3 is 25.6 Å². The lowest BCUT2D eigenvalue weighted by molar-refractivity contribution is 0.0950. The number of benzene rings is 1. The van der Waals surface area contributed by atoms with Crippen LogP contribution in [0.25, 0.3) is 0 Å². The number of aromatic hydroxyl groups is 2. The number of carbonyl (C=O) groups is 1. The van der Waals surface area contributed by atoms with Crippen LogP contribution in [0.5, 0.6) is 11.5 Å². The number of amides is 1. The third-order valence-electron chi connectivity index (χ3n) is 2.30. The normalized spacial score (nSPS) is 10.3. The number of ether oxygens (including phenoxy) is 1. The molecule has 0 aromatic heterocycles. The average Bonchev–Trinajstić information content (AvgIpc) is 2.36. The molecular formula is C12H18N2O4. The molecule has 6 nitrogen and oxygen atoms in total. The van der Waals surface area contributed by atoms with Crippen molar-refractivity contribution in [2.24, 2.45) is 0 Å². The summed E-state index contributed by atoms with van der Waals surface area (Å²) >= 11 is 0. The molecule has 0 saturated heterocycles. The Morgan fingerprint density at radius 3 is 2.78 bits per heavy atom. The fraction of sp³-hybridized carbons (Fsp3) is 0.417. The monoisotopic (exact) mass is 254 g/mol. The number of nitrogens with one attached hydrogen (secondary N) is 2. The summed E-state index contributed by atoms with van der Waals surface area (Å²) in [6.07, 6.45) is 0. The first-order valence-electron chi connectivity index (χ1n) is 5.65. The second-order valence-corrected chi connectivity index (χ2v) is 3.70. The van der Waals surface area contributed by atoms with Crippen LogP contribution in [0.4, 0.5) is 0 Å². The maximum atomic E-state index is 11.7. The molecule has 1 aromatic carbocycles. The van der Waals surface area contributed by atoms with E-state index in [-0.39, 0.29) is 17.1 Å². The minimum absolute atomic E-state index is 0.0591. The van der Waals surface area contributed by atoms with E-state index in [4.69, 9.17) is 4.74 Å². The molecule has 100 valence electrons. The molecule has 1 rings (SSSR count). The Labute approximate surface area is 106 Å². The van der Waals surface area contributed by atoms with E-state index in [1.54, 1.807) is 7.11 Å². The lowest BCUT2D eigenvalue weighted by Crippen LogP contribution is -2.33. The topological polar surface area (TPSA) is 90.8 Å². The van der Waals surface area contributed by atoms with Crippen molar-refractivity contribution in [3.63, 3.8) is 0 Å². The Bertz CT molecular complexity index is 396. The van der Waals surface area contributed by atoms with Gasteiger partial charge in [0.2, 0.25) is 0 Å². The van der Waals surface area contributed by atoms with E-state index in [9.17, 15) is 15.0 Å². The largest absolute Gasteiger partial charge is 0.508 e. The standard InChI is InChI=1S/C12H18N2O4/c1-18-7-6-13-4-5-14-12(17)10-8-9(15)2-3-11(10)16/h2-3,8,13,15-16H,4-7H2,1H3,(H,14,17). The predicted molar refractivity (Wildman–Crippen MR) is 66.9 cm³/mol. The van der Waals surface area contributed by atoms with Gasteiger partial charge in [-0.15, -0.1) is 0 Å². The summed E-state index contributed by atoms with van der Waals surface area (Å²) in [5.74, 6) is -0.634. The summed E-state index contributed by atoms with van der Waals surface area (Å²) in [7, 11) is 1.62. The van der Waals surface area contributed by atoms with Crippen LogP contribution in [-0.4, -0.2) is 49.5 Å². The lowest BCUT2D eigenvalue weighted by Gasteiger charge is -2.08. The highest BCUT2D eigenvalue weighted by atomic mass is 16.5. The van der Waals surface area contributed by atoms with Crippen LogP contribution in [-0.2, 0) is 4.74 Å². The number of hydrogen-bond donors (Lipinski definition) is 4. The minimum atomic E-state index is -0.419. The van der Waals surface area contributed by atoms with Gasteiger partial charge in [-0.25, -0.2) is 0 Å². The molecule has 0 saturated carbocycles. The summed E-state index contributed by atoms with van der Waals surface area (Å²) in [6, 6.07) is 3.82. The van der Waals surface area contributed by atoms with Gasteiger partial charge in [0.05, 0.1) is 12.2 Å². The molecule has 1 amide bonds. The van der Waals surface area contributed by atoms with Crippen molar-refractivity contribution in [2.75, 3.05) is 33.4 Å². The van der Waals surface area contributed by atoms with E-state index in [2.05, 4.69) is 10.6 Å². The first-order chi connectivity index (χ1) is 8.65. The number of rotatable bonds is 7. The van der Waals surface area contributed by atoms with Crippen LogP contribution in [0.15, 0.2) is 18.2 Å². The van der Waals surface area contributed by atoms with Gasteiger partial charge in [0.1, 0.15) is 11.5 Å². The van der Waals surface area contributed by atoms with Crippen molar-refractivity contribution < 1.29 is 19.7 Å². The summed E-state index contributed by atoms with van der Waals surface area (Å²) in [5.41, 5.74) is 0.0619. The van der Waals surface area contributed by atoms with Gasteiger partial charge in [-0.3, -0.25) is 4.79 Å². The maximum absolute atomic E-state index is 11.7. The van der Waals surface area contributed by atoms with Crippen molar-refractivity contribution in [2.45, 2.75) is 0 Å². The van der Waals surface area contributed by atoms with Crippen molar-refractivity contribution in [1.82, 2.24) is 10.6 Å². The molecule has 0 spiro atoms. The predicted octanol–water partition coefficient (Wildman–Crippen LogP) is 0.0636. The van der Waals surface area contributed by atoms with Crippen LogP contribution in [0, 0.1) is 0 Å². The Balaban J connectivity index is 2.34. The molecule has 0 unspecified atom stereocenters. The summed E-state index contributed by atoms with van der Waals surface area (Å²) in [5, 5.41) is 24.4. The second-order valence-electron chi connectivity index (χ2n) is 3.70. The van der Waals surface area contributed by atoms with E-state index in [1.165, 1.54) is 18.2 Å². The van der Waals surface area contributed by atoms with E-state index in [1.807, 2.05) is 0 Å². The SMILES string of the molecule is COCCNCCNC(=O)c1cc(O)ccc1O. The minimum Gasteiger partial charge on any atom is -0.508 e. The fourth-order valence-corrected chi connectivity index (χ4v) is 1.36. The number of phenolic OH excluding ortho intramolecular Hbond substituents is 2. The Hall–Kier alpha value is -1.79. The maximum Gasteiger partial charge on any atom is 0.255 e. The molecule has 0 fully saturated rings. The molecule has 0 aliphatic carbocycles. The first kappa shape index (κ1) is 14.3. The van der Waals surface area contributed by atoms with Crippen LogP contribution in [0.2, 0.25) is 0 Å². The highest BCUT2D eigenvalue weighted by molar-refractivity contribution is 5.97. The Morgan fingerprint density at radius 1 is 1.28 bits per heavy atom. The molecule has 4 N–H and O–H groups in total. The Morgan fingerprint density at radius 2 is 2.06 bits per heavy atom. The molecule has 0 aliphatic heterocycles. The number of methoxy groups -OCH3 is 1. The fourth-order valence-electron chi connectivity index (χ4n) is 1.36. The van der Waals surface area contributed by atoms with Gasteiger partial charge in [0, 0.05) is 26.7 Å². The van der Waals surface area contributed by atoms with Crippen LogP contribution in [0.1, 0.15) is 10.4 Å². The summed E-state index contributed by atoms with van der Waals surface area (Å²) < 4.78 is 4.86. The molecule has 0 atom stereocenters. The van der Waals surface area contributed by atoms with Crippen LogP contribution in [0.3, 0.4) is 0 Å². The highest BCUT2D eigenvalue weighted by Gasteiger charge is 2.10. The number of carbonyl (C=O) groups excluding carboxylic acids is 1. The molecule has 0 radical (unpaired) electrons. The van der Waals surface area contributed by atoms with Crippen molar-refractivity contribution in [3.05, 3.63) is 23.8 Å². The van der Waals surface area contributed by atoms with Crippen molar-refractivity contribution >= 4 is 5.91 Å². The summed E-state index contributed by atoms with van der Waals surface area (Å²) in [6.45, 7) is 2.36. The van der Waals surface area contributed by atoms with Gasteiger partial charge in [-0.05, 0) is 18.2 Å². The van der Waals surface area contributed by atoms with E-state index < -0.39 is 5.91 Å². The quantitative estimate of drug-likeness (QED) is 0.408. The van der Waals surface area contributed by atoms with Crippen LogP contribution < -0.4 is 10.6 Å². The van der Waals surface area contributed by atoms with Gasteiger partial charge in [0.25, 0.3) is 5.91 Å². The van der Waals surface area contributed by atoms with Gasteiger partial charge in [-0.1, -0.05) is 0 Å². The molecule has 0 aliphatic rings. The van der Waals surface area contributed by atoms with E-state index in [0.29, 0.717) is 26.2 Å². The molecule has 18 heavy (non-hydrogen) atoms. The zero-order valence-corrected chi connectivity index (χ0v) is 10.3. The molecule has 6 heteroatoms. The first-order valence-corrected chi connectivity index (χ1v) is 5.65. The zero-order valence-electron chi connectivity index (χ0n) is 10.3. The van der Waals surface area contributed by atoms with E-state index in [0.717, 1.165) is 0 Å². The molecule has 1 aromatic rings. The summed E-state index contributed by atoms with van der Waals surface area (Å²) in [4.78, 5) is 11.7. The van der Waals surface area contributed by atoms with Crippen molar-refractivity contribution in [1.29, 1.82) is 0 Å². The lowest BCUT2D eigenvalue weighted by atomic mass is 10.2. The zero-order chi connectivity index (χ0) is 13.4. The molecule has 0 heterocycles. The Kier molecular flexibility index (Phi) is 5.96. The average molecular weight is 254 g/mol. The number of hydrogen-bond acceptors (Lipinski definition) is 5. The van der Waals surface area contributed by atoms with Crippen LogP contribution >= 0.6 is 0 Å². The third kappa shape index (κ3) is 4.60. The smallest absolute Gasteiger partial charge is 0.255 e. The van der Waals surface area contributed by atoms with Gasteiger partial charge in [-0.2, -0.15) is 0 Å². The van der Waals surface area contributed by atoms with E-state index >= 15 is 0 Å². The number of phenols is 2. The molecular weight excluding hydrogens is 236 g/mol. The second kappa shape index (κ2) is 7.52. The third-order valence-corrected chi connectivity index (χ3v) is 2.30.